The van der Waals surface area contributed by atoms with E-state index in [1.54, 1.807) is 36.4 Å². The van der Waals surface area contributed by atoms with Crippen molar-refractivity contribution in [3.63, 3.8) is 0 Å². The van der Waals surface area contributed by atoms with Gasteiger partial charge in [0, 0.05) is 11.4 Å². The van der Waals surface area contributed by atoms with E-state index in [0.29, 0.717) is 11.3 Å². The first-order chi connectivity index (χ1) is 8.78. The lowest BCUT2D eigenvalue weighted by Gasteiger charge is -2.07. The Morgan fingerprint density at radius 3 is 2.00 bits per heavy atom. The summed E-state index contributed by atoms with van der Waals surface area (Å²) in [6.07, 6.45) is 0. The van der Waals surface area contributed by atoms with Gasteiger partial charge in [0.2, 0.25) is 0 Å². The summed E-state index contributed by atoms with van der Waals surface area (Å²) in [5, 5.41) is 14.0. The minimum atomic E-state index is -0.314. The molecule has 2 rings (SSSR count). The van der Waals surface area contributed by atoms with Crippen LogP contribution in [0.3, 0.4) is 0 Å². The lowest BCUT2D eigenvalue weighted by Crippen LogP contribution is -2.19. The molecule has 4 heteroatoms. The van der Waals surface area contributed by atoms with Crippen molar-refractivity contribution in [2.45, 2.75) is 0 Å². The fraction of sp³-hybridized carbons (Fsp3) is 0. The normalized spacial score (nSPS) is 9.28. The number of amides is 2. The lowest BCUT2D eigenvalue weighted by molar-refractivity contribution is 0.262. The molecular formula is C14H11N3O. The summed E-state index contributed by atoms with van der Waals surface area (Å²) in [5.41, 5.74) is 1.93. The van der Waals surface area contributed by atoms with E-state index in [4.69, 9.17) is 5.26 Å². The van der Waals surface area contributed by atoms with E-state index < -0.39 is 0 Å². The number of benzene rings is 2. The van der Waals surface area contributed by atoms with E-state index in [-0.39, 0.29) is 6.03 Å². The van der Waals surface area contributed by atoms with Crippen LogP contribution in [0.15, 0.2) is 54.6 Å². The molecule has 0 saturated carbocycles. The van der Waals surface area contributed by atoms with Crippen molar-refractivity contribution in [1.29, 1.82) is 5.26 Å². The third kappa shape index (κ3) is 3.09. The summed E-state index contributed by atoms with van der Waals surface area (Å²) >= 11 is 0. The number of para-hydroxylation sites is 1. The first-order valence-corrected chi connectivity index (χ1v) is 5.41. The van der Waals surface area contributed by atoms with E-state index in [2.05, 4.69) is 10.6 Å². The van der Waals surface area contributed by atoms with Crippen LogP contribution in [0.5, 0.6) is 0 Å². The molecule has 4 nitrogen and oxygen atoms in total. The van der Waals surface area contributed by atoms with Crippen molar-refractivity contribution in [2.75, 3.05) is 10.6 Å². The lowest BCUT2D eigenvalue weighted by atomic mass is 10.2. The molecule has 2 aromatic carbocycles. The van der Waals surface area contributed by atoms with Gasteiger partial charge in [0.25, 0.3) is 0 Å². The molecule has 0 bridgehead atoms. The van der Waals surface area contributed by atoms with Crippen LogP contribution < -0.4 is 10.6 Å². The van der Waals surface area contributed by atoms with Crippen molar-refractivity contribution < 1.29 is 4.79 Å². The van der Waals surface area contributed by atoms with Gasteiger partial charge < -0.3 is 10.6 Å². The Morgan fingerprint density at radius 2 is 1.44 bits per heavy atom. The number of anilines is 2. The van der Waals surface area contributed by atoms with E-state index in [0.717, 1.165) is 5.69 Å². The van der Waals surface area contributed by atoms with Crippen LogP contribution in [-0.2, 0) is 0 Å². The van der Waals surface area contributed by atoms with Gasteiger partial charge in [0.15, 0.2) is 0 Å². The maximum Gasteiger partial charge on any atom is 0.323 e. The molecule has 0 atom stereocenters. The van der Waals surface area contributed by atoms with Crippen molar-refractivity contribution in [3.05, 3.63) is 60.2 Å². The zero-order valence-electron chi connectivity index (χ0n) is 9.55. The quantitative estimate of drug-likeness (QED) is 0.842. The van der Waals surface area contributed by atoms with Crippen molar-refractivity contribution >= 4 is 17.4 Å². The van der Waals surface area contributed by atoms with Gasteiger partial charge in [0.05, 0.1) is 11.6 Å². The number of hydrogen-bond acceptors (Lipinski definition) is 2. The molecule has 18 heavy (non-hydrogen) atoms. The monoisotopic (exact) mass is 237 g/mol. The predicted octanol–water partition coefficient (Wildman–Crippen LogP) is 3.20. The van der Waals surface area contributed by atoms with Crippen molar-refractivity contribution in [1.82, 2.24) is 0 Å². The van der Waals surface area contributed by atoms with Crippen LogP contribution in [0.25, 0.3) is 0 Å². The van der Waals surface area contributed by atoms with E-state index in [1.807, 2.05) is 24.3 Å². The van der Waals surface area contributed by atoms with Crippen LogP contribution in [0.2, 0.25) is 0 Å². The molecule has 2 amide bonds. The van der Waals surface area contributed by atoms with E-state index in [1.165, 1.54) is 0 Å². The van der Waals surface area contributed by atoms with Gasteiger partial charge in [-0.25, -0.2) is 4.79 Å². The average Bonchev–Trinajstić information content (AvgIpc) is 2.40. The summed E-state index contributed by atoms with van der Waals surface area (Å²) in [5.74, 6) is 0. The second-order valence-corrected chi connectivity index (χ2v) is 3.63. The Labute approximate surface area is 105 Å². The van der Waals surface area contributed by atoms with Gasteiger partial charge in [-0.05, 0) is 36.4 Å². The summed E-state index contributed by atoms with van der Waals surface area (Å²) in [7, 11) is 0. The number of nitrogens with zero attached hydrogens (tertiary/aromatic N) is 1. The molecule has 0 unspecified atom stereocenters. The molecular weight excluding hydrogens is 226 g/mol. The minimum Gasteiger partial charge on any atom is -0.308 e. The minimum absolute atomic E-state index is 0.314. The second-order valence-electron chi connectivity index (χ2n) is 3.63. The predicted molar refractivity (Wildman–Crippen MR) is 70.2 cm³/mol. The van der Waals surface area contributed by atoms with Gasteiger partial charge in [-0.3, -0.25) is 0 Å². The van der Waals surface area contributed by atoms with Gasteiger partial charge in [-0.15, -0.1) is 0 Å². The third-order valence-corrected chi connectivity index (χ3v) is 2.30. The van der Waals surface area contributed by atoms with Gasteiger partial charge in [0.1, 0.15) is 0 Å². The maximum absolute atomic E-state index is 11.6. The number of carbonyl (C=O) groups is 1. The molecule has 2 N–H and O–H groups in total. The first-order valence-electron chi connectivity index (χ1n) is 5.41. The van der Waals surface area contributed by atoms with Crippen LogP contribution in [0.1, 0.15) is 5.56 Å². The fourth-order valence-corrected chi connectivity index (χ4v) is 1.44. The highest BCUT2D eigenvalue weighted by molar-refractivity contribution is 5.99. The van der Waals surface area contributed by atoms with Crippen molar-refractivity contribution in [3.8, 4) is 6.07 Å². The highest BCUT2D eigenvalue weighted by Gasteiger charge is 2.01. The molecule has 0 spiro atoms. The molecule has 0 radical (unpaired) electrons. The Balaban J connectivity index is 1.97. The zero-order valence-corrected chi connectivity index (χ0v) is 9.55. The highest BCUT2D eigenvalue weighted by Crippen LogP contribution is 2.10. The zero-order chi connectivity index (χ0) is 12.8. The number of nitrogens with one attached hydrogen (secondary N) is 2. The smallest absolute Gasteiger partial charge is 0.308 e. The molecule has 0 fully saturated rings. The summed E-state index contributed by atoms with van der Waals surface area (Å²) in [6.45, 7) is 0. The molecule has 0 aliphatic rings. The highest BCUT2D eigenvalue weighted by atomic mass is 16.2. The van der Waals surface area contributed by atoms with Gasteiger partial charge in [-0.1, -0.05) is 18.2 Å². The molecule has 0 aromatic heterocycles. The Morgan fingerprint density at radius 1 is 0.889 bits per heavy atom. The summed E-state index contributed by atoms with van der Waals surface area (Å²) in [6, 6.07) is 17.5. The number of rotatable bonds is 2. The number of urea groups is 1. The molecule has 0 aliphatic carbocycles. The maximum atomic E-state index is 11.6. The van der Waals surface area contributed by atoms with Crippen LogP contribution in [0, 0.1) is 11.3 Å². The van der Waals surface area contributed by atoms with Gasteiger partial charge in [-0.2, -0.15) is 5.26 Å². The van der Waals surface area contributed by atoms with Crippen LogP contribution in [-0.4, -0.2) is 6.03 Å². The van der Waals surface area contributed by atoms with Gasteiger partial charge >= 0.3 is 6.03 Å². The molecule has 0 aliphatic heterocycles. The first kappa shape index (κ1) is 11.7. The average molecular weight is 237 g/mol. The van der Waals surface area contributed by atoms with E-state index in [9.17, 15) is 4.79 Å². The molecule has 88 valence electrons. The molecule has 2 aromatic rings. The Bertz CT molecular complexity index is 570. The second kappa shape index (κ2) is 5.51. The molecule has 0 heterocycles. The SMILES string of the molecule is N#Cc1ccc(NC(=O)Nc2ccccc2)cc1. The summed E-state index contributed by atoms with van der Waals surface area (Å²) < 4.78 is 0. The van der Waals surface area contributed by atoms with Crippen LogP contribution in [0.4, 0.5) is 16.2 Å². The topological polar surface area (TPSA) is 64.9 Å². The fourth-order valence-electron chi connectivity index (χ4n) is 1.44. The standard InChI is InChI=1S/C14H11N3O/c15-10-11-6-8-13(9-7-11)17-14(18)16-12-4-2-1-3-5-12/h1-9H,(H2,16,17,18). The Kier molecular flexibility index (Phi) is 3.57. The largest absolute Gasteiger partial charge is 0.323 e. The molecule has 0 saturated heterocycles. The van der Waals surface area contributed by atoms with Crippen molar-refractivity contribution in [2.24, 2.45) is 0 Å². The Hall–Kier alpha value is -2.80. The number of hydrogen-bond donors (Lipinski definition) is 2. The summed E-state index contributed by atoms with van der Waals surface area (Å²) in [4.78, 5) is 11.6. The third-order valence-electron chi connectivity index (χ3n) is 2.30. The number of nitriles is 1. The van der Waals surface area contributed by atoms with E-state index >= 15 is 0 Å². The number of carbonyl (C=O) groups excluding carboxylic acids is 1. The van der Waals surface area contributed by atoms with Crippen LogP contribution >= 0.6 is 0 Å².